The molecular weight excluding hydrogens is 638 g/mol. The lowest BCUT2D eigenvalue weighted by Crippen LogP contribution is -2.33. The van der Waals surface area contributed by atoms with Crippen molar-refractivity contribution in [1.82, 2.24) is 4.90 Å². The molecule has 0 amide bonds. The summed E-state index contributed by atoms with van der Waals surface area (Å²) in [4.78, 5) is 37.3. The molecule has 0 aromatic rings. The third-order valence-corrected chi connectivity index (χ3v) is 8.57. The minimum atomic E-state index is -0.162. The molecule has 1 N–H and O–H groups in total. The van der Waals surface area contributed by atoms with Crippen LogP contribution in [0.5, 0.6) is 0 Å². The molecule has 7 heteroatoms. The number of aliphatic hydroxyl groups is 1. The number of aldehydes is 1. The van der Waals surface area contributed by atoms with E-state index in [2.05, 4.69) is 62.5 Å². The predicted octanol–water partition coefficient (Wildman–Crippen LogP) is 11.2. The molecule has 7 nitrogen and oxygen atoms in total. The van der Waals surface area contributed by atoms with Crippen molar-refractivity contribution in [3.63, 3.8) is 0 Å². The van der Waals surface area contributed by atoms with Gasteiger partial charge in [0.2, 0.25) is 0 Å². The summed E-state index contributed by atoms with van der Waals surface area (Å²) >= 11 is 0. The first kappa shape index (κ1) is 50.6. The predicted molar refractivity (Wildman–Crippen MR) is 216 cm³/mol. The Labute approximate surface area is 314 Å². The second-order valence-corrected chi connectivity index (χ2v) is 13.2. The van der Waals surface area contributed by atoms with Crippen molar-refractivity contribution in [2.24, 2.45) is 0 Å². The van der Waals surface area contributed by atoms with Gasteiger partial charge in [0, 0.05) is 46.0 Å². The lowest BCUT2D eigenvalue weighted by Gasteiger charge is -2.21. The van der Waals surface area contributed by atoms with Gasteiger partial charge in [-0.1, -0.05) is 127 Å². The quantitative estimate of drug-likeness (QED) is 0.0296. The summed E-state index contributed by atoms with van der Waals surface area (Å²) in [6.45, 7) is 6.68. The van der Waals surface area contributed by atoms with E-state index in [9.17, 15) is 14.4 Å². The SMILES string of the molecule is CCCCC/C=C\C/C=C\CCCCCCCC(=O)OCCN(CCC=O)CCOC(=O)CCCCCCC/C=C\C/C=C\CCCCC.CO. The first-order valence-electron chi connectivity index (χ1n) is 20.7. The number of carbonyl (C=O) groups excluding carboxylic acids is 3. The van der Waals surface area contributed by atoms with Gasteiger partial charge < -0.3 is 19.4 Å². The lowest BCUT2D eigenvalue weighted by molar-refractivity contribution is -0.144. The first-order valence-corrected chi connectivity index (χ1v) is 20.7. The molecule has 0 radical (unpaired) electrons. The van der Waals surface area contributed by atoms with Crippen molar-refractivity contribution >= 4 is 18.2 Å². The molecule has 0 bridgehead atoms. The summed E-state index contributed by atoms with van der Waals surface area (Å²) < 4.78 is 10.9. The van der Waals surface area contributed by atoms with Crippen LogP contribution < -0.4 is 0 Å². The van der Waals surface area contributed by atoms with Gasteiger partial charge in [0.05, 0.1) is 0 Å². The molecule has 51 heavy (non-hydrogen) atoms. The fraction of sp³-hybridized carbons (Fsp3) is 0.750. The molecule has 0 aliphatic carbocycles. The van der Waals surface area contributed by atoms with E-state index in [0.717, 1.165) is 77.6 Å². The number of carbonyl (C=O) groups is 3. The highest BCUT2D eigenvalue weighted by atomic mass is 16.5. The van der Waals surface area contributed by atoms with Gasteiger partial charge in [0.15, 0.2) is 0 Å². The molecule has 0 aliphatic heterocycles. The van der Waals surface area contributed by atoms with E-state index < -0.39 is 0 Å². The molecule has 0 rings (SSSR count). The number of unbranched alkanes of at least 4 members (excludes halogenated alkanes) is 16. The minimum absolute atomic E-state index is 0.162. The minimum Gasteiger partial charge on any atom is -0.464 e. The van der Waals surface area contributed by atoms with E-state index >= 15 is 0 Å². The third-order valence-electron chi connectivity index (χ3n) is 8.57. The van der Waals surface area contributed by atoms with Gasteiger partial charge in [-0.2, -0.15) is 0 Å². The molecule has 296 valence electrons. The van der Waals surface area contributed by atoms with Gasteiger partial charge in [-0.15, -0.1) is 0 Å². The summed E-state index contributed by atoms with van der Waals surface area (Å²) in [5.41, 5.74) is 0. The van der Waals surface area contributed by atoms with Crippen molar-refractivity contribution in [3.05, 3.63) is 48.6 Å². The normalized spacial score (nSPS) is 11.6. The van der Waals surface area contributed by atoms with Gasteiger partial charge in [-0.05, 0) is 77.0 Å². The molecule has 0 unspecified atom stereocenters. The van der Waals surface area contributed by atoms with Crippen LogP contribution in [0, 0.1) is 0 Å². The Morgan fingerprint density at radius 2 is 0.824 bits per heavy atom. The number of hydrogen-bond donors (Lipinski definition) is 1. The Bertz CT molecular complexity index is 802. The van der Waals surface area contributed by atoms with E-state index in [0.29, 0.717) is 38.9 Å². The van der Waals surface area contributed by atoms with Crippen LogP contribution >= 0.6 is 0 Å². The van der Waals surface area contributed by atoms with E-state index in [1.54, 1.807) is 0 Å². The Morgan fingerprint density at radius 3 is 1.20 bits per heavy atom. The molecule has 0 fully saturated rings. The zero-order valence-electron chi connectivity index (χ0n) is 33.3. The van der Waals surface area contributed by atoms with Crippen molar-refractivity contribution in [3.8, 4) is 0 Å². The monoisotopic (exact) mass is 718 g/mol. The highest BCUT2D eigenvalue weighted by molar-refractivity contribution is 5.69. The van der Waals surface area contributed by atoms with Crippen LogP contribution in [0.4, 0.5) is 0 Å². The van der Waals surface area contributed by atoms with Gasteiger partial charge >= 0.3 is 11.9 Å². The van der Waals surface area contributed by atoms with Crippen molar-refractivity contribution in [2.45, 2.75) is 174 Å². The average molecular weight is 718 g/mol. The Morgan fingerprint density at radius 1 is 0.471 bits per heavy atom. The fourth-order valence-corrected chi connectivity index (χ4v) is 5.45. The van der Waals surface area contributed by atoms with Gasteiger partial charge in [-0.25, -0.2) is 0 Å². The summed E-state index contributed by atoms with van der Waals surface area (Å²) in [7, 11) is 1.00. The largest absolute Gasteiger partial charge is 0.464 e. The van der Waals surface area contributed by atoms with Gasteiger partial charge in [0.25, 0.3) is 0 Å². The van der Waals surface area contributed by atoms with Crippen LogP contribution in [0.25, 0.3) is 0 Å². The number of ether oxygens (including phenoxy) is 2. The Hall–Kier alpha value is -2.51. The van der Waals surface area contributed by atoms with Crippen molar-refractivity contribution < 1.29 is 29.0 Å². The van der Waals surface area contributed by atoms with Crippen LogP contribution in [0.2, 0.25) is 0 Å². The summed E-state index contributed by atoms with van der Waals surface area (Å²) in [6.07, 6.45) is 45.8. The zero-order valence-corrected chi connectivity index (χ0v) is 33.3. The van der Waals surface area contributed by atoms with Crippen molar-refractivity contribution in [1.29, 1.82) is 0 Å². The molecule has 0 saturated heterocycles. The second kappa shape index (κ2) is 45.5. The Kier molecular flexibility index (Phi) is 45.2. The van der Waals surface area contributed by atoms with Gasteiger partial charge in [0.1, 0.15) is 19.5 Å². The standard InChI is InChI=1S/C43H75NO5.CH4O/c1-3-5-7-9-11-13-15-17-19-21-23-25-27-29-31-34-42(46)48-40-37-44(36-33-39-45)38-41-49-43(47)35-32-30-28-26-24-22-20-18-16-14-12-10-8-6-4-2;1-2/h11-14,17-20,39H,3-10,15-16,21-38,40-41H2,1-2H3;2H,1H3/b13-11-,14-12-,19-17-,20-18-;. The van der Waals surface area contributed by atoms with Crippen LogP contribution in [-0.4, -0.2) is 68.2 Å². The third kappa shape index (κ3) is 43.6. The molecule has 0 saturated carbocycles. The lowest BCUT2D eigenvalue weighted by atomic mass is 10.1. The van der Waals surface area contributed by atoms with Crippen LogP contribution in [0.15, 0.2) is 48.6 Å². The van der Waals surface area contributed by atoms with E-state index in [-0.39, 0.29) is 25.2 Å². The highest BCUT2D eigenvalue weighted by Gasteiger charge is 2.09. The second-order valence-electron chi connectivity index (χ2n) is 13.2. The molecular formula is C44H79NO6. The van der Waals surface area contributed by atoms with E-state index in [1.807, 2.05) is 4.90 Å². The van der Waals surface area contributed by atoms with Crippen LogP contribution in [0.3, 0.4) is 0 Å². The number of aliphatic hydroxyl groups excluding tert-OH is 1. The molecule has 0 aromatic heterocycles. The summed E-state index contributed by atoms with van der Waals surface area (Å²) in [5, 5.41) is 7.00. The number of hydrogen-bond acceptors (Lipinski definition) is 7. The highest BCUT2D eigenvalue weighted by Crippen LogP contribution is 2.10. The number of esters is 2. The average Bonchev–Trinajstić information content (AvgIpc) is 3.14. The maximum Gasteiger partial charge on any atom is 0.305 e. The maximum absolute atomic E-state index is 12.2. The smallest absolute Gasteiger partial charge is 0.305 e. The number of nitrogens with zero attached hydrogens (tertiary/aromatic N) is 1. The number of allylic oxidation sites excluding steroid dienone is 8. The van der Waals surface area contributed by atoms with Gasteiger partial charge in [-0.3, -0.25) is 14.5 Å². The van der Waals surface area contributed by atoms with Crippen molar-refractivity contribution in [2.75, 3.05) is 40.0 Å². The van der Waals surface area contributed by atoms with E-state index in [4.69, 9.17) is 14.6 Å². The zero-order chi connectivity index (χ0) is 37.7. The molecule has 0 heterocycles. The molecule has 0 aliphatic rings. The maximum atomic E-state index is 12.2. The molecule has 0 atom stereocenters. The fourth-order valence-electron chi connectivity index (χ4n) is 5.45. The first-order chi connectivity index (χ1) is 25.1. The summed E-state index contributed by atoms with van der Waals surface area (Å²) in [6, 6.07) is 0. The van der Waals surface area contributed by atoms with Crippen LogP contribution in [-0.2, 0) is 23.9 Å². The Balaban J connectivity index is 0. The van der Waals surface area contributed by atoms with Crippen LogP contribution in [0.1, 0.15) is 174 Å². The summed E-state index contributed by atoms with van der Waals surface area (Å²) in [5.74, 6) is -0.324. The number of rotatable bonds is 37. The topological polar surface area (TPSA) is 93.1 Å². The van der Waals surface area contributed by atoms with E-state index in [1.165, 1.54) is 77.0 Å². The molecule has 0 aromatic carbocycles. The molecule has 0 spiro atoms.